The normalized spacial score (nSPS) is 26.5. The van der Waals surface area contributed by atoms with Crippen LogP contribution in [0, 0.1) is 52.7 Å². The lowest BCUT2D eigenvalue weighted by Gasteiger charge is -2.44. The minimum absolute atomic E-state index is 0.0187. The van der Waals surface area contributed by atoms with Gasteiger partial charge < -0.3 is 25.1 Å². The number of halogens is 12. The van der Waals surface area contributed by atoms with Crippen LogP contribution in [-0.4, -0.2) is 82.3 Å². The van der Waals surface area contributed by atoms with Crippen molar-refractivity contribution in [3.05, 3.63) is 176 Å². The molecule has 3 saturated carbocycles. The van der Waals surface area contributed by atoms with E-state index >= 15 is 13.2 Å². The largest absolute Gasteiger partial charge is 0.511 e. The van der Waals surface area contributed by atoms with Crippen LogP contribution in [0.1, 0.15) is 93.7 Å². The monoisotopic (exact) mass is 1410 g/mol. The van der Waals surface area contributed by atoms with Gasteiger partial charge in [-0.05, 0) is 186 Å². The van der Waals surface area contributed by atoms with E-state index in [0.717, 1.165) is 36.4 Å². The second-order valence-corrected chi connectivity index (χ2v) is 33.0. The van der Waals surface area contributed by atoms with E-state index in [1.54, 1.807) is 4.72 Å². The fraction of sp³-hybridized carbons (Fsp3) is 0.410. The molecular weight excluding hydrogens is 1360 g/mol. The fourth-order valence-corrected chi connectivity index (χ4v) is 22.4. The number of aliphatic hydroxyl groups is 1. The number of hydrogen-bond acceptors (Lipinski definition) is 13. The van der Waals surface area contributed by atoms with Crippen LogP contribution in [0.2, 0.25) is 15.1 Å². The number of benzene rings is 6. The van der Waals surface area contributed by atoms with E-state index in [0.29, 0.717) is 42.1 Å². The molecule has 6 aromatic carbocycles. The van der Waals surface area contributed by atoms with Crippen molar-refractivity contribution in [1.82, 2.24) is 4.72 Å². The van der Waals surface area contributed by atoms with Crippen LogP contribution in [0.25, 0.3) is 0 Å². The van der Waals surface area contributed by atoms with Crippen molar-refractivity contribution < 1.29 is 92.5 Å². The van der Waals surface area contributed by atoms with Gasteiger partial charge in [0.15, 0.2) is 64.2 Å². The molecule has 3 fully saturated rings. The van der Waals surface area contributed by atoms with Crippen molar-refractivity contribution >= 4 is 74.3 Å². The Hall–Kier alpha value is -5.36. The van der Waals surface area contributed by atoms with E-state index < -0.39 is 148 Å². The smallest absolute Gasteiger partial charge is 0.490 e. The lowest BCUT2D eigenvalue weighted by atomic mass is 9.79. The molecule has 3 aliphatic heterocycles. The van der Waals surface area contributed by atoms with Crippen molar-refractivity contribution in [3.8, 4) is 17.2 Å². The second-order valence-electron chi connectivity index (χ2n) is 23.3. The van der Waals surface area contributed by atoms with Gasteiger partial charge >= 0.3 is 15.5 Å². The molecule has 3 heterocycles. The Balaban J connectivity index is 0.000000151. The van der Waals surface area contributed by atoms with Crippen LogP contribution in [0.4, 0.5) is 39.5 Å². The van der Waals surface area contributed by atoms with Gasteiger partial charge in [0.2, 0.25) is 0 Å². The highest BCUT2D eigenvalue weighted by atomic mass is 35.5. The lowest BCUT2D eigenvalue weighted by molar-refractivity contribution is -0.0452. The molecule has 0 saturated heterocycles. The van der Waals surface area contributed by atoms with Crippen molar-refractivity contribution in [1.29, 1.82) is 0 Å². The molecular formula is C61H58Cl3F9N2O12S4. The Morgan fingerprint density at radius 1 is 0.451 bits per heavy atom. The molecule has 14 nitrogen and oxygen atoms in total. The summed E-state index contributed by atoms with van der Waals surface area (Å²) in [5.74, 6) is -8.99. The molecule has 30 heteroatoms. The number of alkyl halides is 3. The quantitative estimate of drug-likeness (QED) is 0.121. The highest BCUT2D eigenvalue weighted by molar-refractivity contribution is 7.93. The number of nitrogens with one attached hydrogen (secondary N) is 1. The number of nitrogens with two attached hydrogens (primary N) is 1. The molecule has 6 aromatic rings. The van der Waals surface area contributed by atoms with E-state index in [1.165, 1.54) is 72.8 Å². The first kappa shape index (κ1) is 68.5. The molecule has 3 aliphatic carbocycles. The van der Waals surface area contributed by atoms with Crippen molar-refractivity contribution in [2.75, 3.05) is 19.8 Å². The van der Waals surface area contributed by atoms with Gasteiger partial charge in [0.25, 0.3) is 0 Å². The molecule has 0 aromatic heterocycles. The Morgan fingerprint density at radius 3 is 1.11 bits per heavy atom. The van der Waals surface area contributed by atoms with Crippen molar-refractivity contribution in [3.63, 3.8) is 0 Å². The summed E-state index contributed by atoms with van der Waals surface area (Å²) in [7, 11) is -18.5. The second kappa shape index (κ2) is 25.7. The van der Waals surface area contributed by atoms with Gasteiger partial charge in [0, 0.05) is 44.9 Å². The van der Waals surface area contributed by atoms with Crippen LogP contribution >= 0.6 is 34.8 Å². The summed E-state index contributed by atoms with van der Waals surface area (Å²) in [6.07, 6.45) is 0.838. The molecule has 4 N–H and O–H groups in total. The average Bonchev–Trinajstić information content (AvgIpc) is 1.53. The Bertz CT molecular complexity index is 4060. The number of ether oxygens (including phenoxy) is 3. The van der Waals surface area contributed by atoms with Crippen LogP contribution in [-0.2, 0) is 53.8 Å². The van der Waals surface area contributed by atoms with Crippen molar-refractivity contribution in [2.24, 2.45) is 23.5 Å². The SMILES string of the molecule is N[C@H]1CCC[C@]2(S(=O)(=O)c3ccc(Cl)cc3)c3c(F)ccc(F)c3OCC2C1.O=S(=O)(N[C@H]1CCC[C@]2(S(=O)(=O)c3ccc(Cl)cc3)c3c(F)ccc(F)c3OCC2C1)C(F)(F)F.O=S(=O)(c1ccc(Cl)cc1)[C@]12CCC[C@@H](O)CC1COc1c(F)ccc(F)c12. The number of aliphatic hydroxyl groups excluding tert-OH is 1. The van der Waals surface area contributed by atoms with Gasteiger partial charge in [0.1, 0.15) is 31.7 Å². The summed E-state index contributed by atoms with van der Waals surface area (Å²) in [4.78, 5) is -0.249. The van der Waals surface area contributed by atoms with Gasteiger partial charge in [-0.3, -0.25) is 0 Å². The van der Waals surface area contributed by atoms with E-state index in [-0.39, 0.29) is 100 Å². The summed E-state index contributed by atoms with van der Waals surface area (Å²) in [6.45, 7) is -0.629. The zero-order valence-electron chi connectivity index (χ0n) is 47.6. The first-order chi connectivity index (χ1) is 42.7. The van der Waals surface area contributed by atoms with Crippen LogP contribution < -0.4 is 24.7 Å². The Labute approximate surface area is 534 Å². The third-order valence-electron chi connectivity index (χ3n) is 18.2. The molecule has 9 atom stereocenters. The maximum Gasteiger partial charge on any atom is 0.511 e. The predicted octanol–water partition coefficient (Wildman–Crippen LogP) is 13.1. The Morgan fingerprint density at radius 2 is 0.758 bits per heavy atom. The molecule has 91 heavy (non-hydrogen) atoms. The summed E-state index contributed by atoms with van der Waals surface area (Å²) >= 11 is 17.7. The number of sulfonamides is 1. The topological polar surface area (TPSA) is 223 Å². The van der Waals surface area contributed by atoms with Crippen LogP contribution in [0.5, 0.6) is 17.2 Å². The summed E-state index contributed by atoms with van der Waals surface area (Å²) < 4.78 is 247. The van der Waals surface area contributed by atoms with Gasteiger partial charge in [-0.25, -0.2) is 64.7 Å². The summed E-state index contributed by atoms with van der Waals surface area (Å²) in [5.41, 5.74) is -0.456. The van der Waals surface area contributed by atoms with E-state index in [4.69, 9.17) is 54.7 Å². The maximum absolute atomic E-state index is 15.2. The molecule has 3 unspecified atom stereocenters. The summed E-state index contributed by atoms with van der Waals surface area (Å²) in [6, 6.07) is 20.2. The zero-order chi connectivity index (χ0) is 66.0. The highest BCUT2D eigenvalue weighted by Crippen LogP contribution is 2.59. The van der Waals surface area contributed by atoms with E-state index in [2.05, 4.69) is 0 Å². The predicted molar refractivity (Wildman–Crippen MR) is 318 cm³/mol. The number of hydrogen-bond donors (Lipinski definition) is 3. The maximum atomic E-state index is 15.2. The molecule has 0 radical (unpaired) electrons. The third kappa shape index (κ3) is 12.1. The van der Waals surface area contributed by atoms with E-state index in [1.807, 2.05) is 0 Å². The zero-order valence-corrected chi connectivity index (χ0v) is 53.2. The van der Waals surface area contributed by atoms with Gasteiger partial charge in [-0.1, -0.05) is 34.8 Å². The third-order valence-corrected chi connectivity index (χ3v) is 28.0. The van der Waals surface area contributed by atoms with Gasteiger partial charge in [-0.2, -0.15) is 13.2 Å². The molecule has 12 rings (SSSR count). The van der Waals surface area contributed by atoms with Crippen LogP contribution in [0.15, 0.2) is 124 Å². The number of sulfone groups is 3. The molecule has 492 valence electrons. The average molecular weight is 1420 g/mol. The van der Waals surface area contributed by atoms with Crippen LogP contribution in [0.3, 0.4) is 0 Å². The lowest BCUT2D eigenvalue weighted by Crippen LogP contribution is -2.50. The van der Waals surface area contributed by atoms with Crippen molar-refractivity contribution in [2.45, 2.75) is 130 Å². The summed E-state index contributed by atoms with van der Waals surface area (Å²) in [5, 5.41) is 11.2. The minimum Gasteiger partial charge on any atom is -0.490 e. The first-order valence-corrected chi connectivity index (χ1v) is 35.7. The molecule has 0 bridgehead atoms. The number of rotatable bonds is 8. The van der Waals surface area contributed by atoms with E-state index in [9.17, 15) is 65.1 Å². The standard InChI is InChI=1S/C21H19ClF5NO5S2.C20H20ClF2NO3S.C20H19ClF2O4S/c22-13-3-5-15(6-4-13)34(29,30)20-9-1-2-14(28-35(31,32)21(25,26)27)10-12(20)11-33-19-17(24)8-7-16(23)18(19)20;2*21-13-3-5-15(6-4-13)28(25,26)20-9-1-2-14(24)10-12(20)11-27-19-17(23)8-7-16(22)18(19)20/h3-8,12,14,28H,1-2,9-11H2;3-8,12,14H,1-2,9-11,24H2;3-8,12,14,24H,1-2,9-11H2/t2*12?,14-,20+;12?,14-,20-/m001/s1. The minimum atomic E-state index is -5.73. The molecule has 0 amide bonds. The number of fused-ring (bicyclic) bond motifs is 9. The van der Waals surface area contributed by atoms with Gasteiger partial charge in [0.05, 0.1) is 57.3 Å². The molecule has 6 aliphatic rings. The first-order valence-electron chi connectivity index (χ1n) is 28.6. The highest BCUT2D eigenvalue weighted by Gasteiger charge is 2.62. The Kier molecular flexibility index (Phi) is 19.4. The fourth-order valence-electron chi connectivity index (χ4n) is 14.1. The molecule has 0 spiro atoms. The van der Waals surface area contributed by atoms with Gasteiger partial charge in [-0.15, -0.1) is 0 Å².